The molecule has 0 saturated carbocycles. The largest absolute Gasteiger partial charge is 0.484 e. The lowest BCUT2D eigenvalue weighted by atomic mass is 10.3. The van der Waals surface area contributed by atoms with E-state index in [1.54, 1.807) is 11.3 Å². The molecule has 3 aromatic rings. The SMILES string of the molecule is Cc1nc2cc(OCc3nc(C(=O)NC(CO)CO)co3)ccc2s1. The molecule has 9 heteroatoms. The average Bonchev–Trinajstić information content (AvgIpc) is 3.22. The van der Waals surface area contributed by atoms with Gasteiger partial charge in [-0.25, -0.2) is 9.97 Å². The smallest absolute Gasteiger partial charge is 0.273 e. The van der Waals surface area contributed by atoms with Gasteiger partial charge in [0.15, 0.2) is 12.3 Å². The summed E-state index contributed by atoms with van der Waals surface area (Å²) < 4.78 is 11.9. The standard InChI is InChI=1S/C16H17N3O5S/c1-9-17-12-4-11(2-3-14(12)25-9)23-8-15-19-13(7-24-15)16(22)18-10(5-20)6-21/h2-4,7,10,20-21H,5-6,8H2,1H3,(H,18,22). The molecule has 2 heterocycles. The van der Waals surface area contributed by atoms with Crippen LogP contribution in [0.3, 0.4) is 0 Å². The number of benzene rings is 1. The van der Waals surface area contributed by atoms with E-state index in [-0.39, 0.29) is 31.4 Å². The van der Waals surface area contributed by atoms with E-state index in [4.69, 9.17) is 19.4 Å². The van der Waals surface area contributed by atoms with Crippen LogP contribution in [0.1, 0.15) is 21.4 Å². The fourth-order valence-corrected chi connectivity index (χ4v) is 2.95. The zero-order valence-corrected chi connectivity index (χ0v) is 14.2. The van der Waals surface area contributed by atoms with Crippen molar-refractivity contribution in [1.82, 2.24) is 15.3 Å². The average molecular weight is 363 g/mol. The van der Waals surface area contributed by atoms with E-state index in [0.29, 0.717) is 5.75 Å². The first-order valence-corrected chi connectivity index (χ1v) is 8.37. The number of carbonyl (C=O) groups excluding carboxylic acids is 1. The van der Waals surface area contributed by atoms with E-state index in [1.165, 1.54) is 6.26 Å². The number of rotatable bonds is 7. The molecule has 8 nitrogen and oxygen atoms in total. The Bertz CT molecular complexity index is 872. The third-order valence-corrected chi connectivity index (χ3v) is 4.34. The zero-order chi connectivity index (χ0) is 17.8. The van der Waals surface area contributed by atoms with Crippen molar-refractivity contribution in [3.05, 3.63) is 41.1 Å². The van der Waals surface area contributed by atoms with Crippen molar-refractivity contribution in [2.24, 2.45) is 0 Å². The molecule has 132 valence electrons. The summed E-state index contributed by atoms with van der Waals surface area (Å²) in [6.45, 7) is 1.28. The summed E-state index contributed by atoms with van der Waals surface area (Å²) >= 11 is 1.61. The van der Waals surface area contributed by atoms with Crippen molar-refractivity contribution in [2.75, 3.05) is 13.2 Å². The number of aromatic nitrogens is 2. The number of aryl methyl sites for hydroxylation is 1. The lowest BCUT2D eigenvalue weighted by molar-refractivity contribution is 0.0874. The Kier molecular flexibility index (Phi) is 5.27. The number of ether oxygens (including phenoxy) is 1. The van der Waals surface area contributed by atoms with Gasteiger partial charge in [-0.15, -0.1) is 11.3 Å². The Balaban J connectivity index is 1.61. The summed E-state index contributed by atoms with van der Waals surface area (Å²) in [5.41, 5.74) is 0.919. The van der Waals surface area contributed by atoms with Gasteiger partial charge in [-0.2, -0.15) is 0 Å². The molecule has 1 amide bonds. The fourth-order valence-electron chi connectivity index (χ4n) is 2.15. The van der Waals surface area contributed by atoms with Crippen molar-refractivity contribution in [3.63, 3.8) is 0 Å². The van der Waals surface area contributed by atoms with Crippen LogP contribution in [-0.4, -0.2) is 45.3 Å². The van der Waals surface area contributed by atoms with Crippen LogP contribution in [0, 0.1) is 6.92 Å². The molecule has 25 heavy (non-hydrogen) atoms. The number of aliphatic hydroxyl groups is 2. The first kappa shape index (κ1) is 17.3. The van der Waals surface area contributed by atoms with Crippen LogP contribution in [0.2, 0.25) is 0 Å². The van der Waals surface area contributed by atoms with Crippen molar-refractivity contribution < 1.29 is 24.2 Å². The highest BCUT2D eigenvalue weighted by Gasteiger charge is 2.16. The second-order valence-electron chi connectivity index (χ2n) is 5.31. The second-order valence-corrected chi connectivity index (χ2v) is 6.55. The predicted molar refractivity (Wildman–Crippen MR) is 90.6 cm³/mol. The molecule has 3 rings (SSSR count). The Morgan fingerprint density at radius 2 is 2.16 bits per heavy atom. The van der Waals surface area contributed by atoms with Crippen molar-refractivity contribution in [2.45, 2.75) is 19.6 Å². The third kappa shape index (κ3) is 4.13. The fraction of sp³-hybridized carbons (Fsp3) is 0.312. The van der Waals surface area contributed by atoms with E-state index < -0.39 is 11.9 Å². The van der Waals surface area contributed by atoms with Crippen molar-refractivity contribution in [1.29, 1.82) is 0 Å². The minimum Gasteiger partial charge on any atom is -0.484 e. The van der Waals surface area contributed by atoms with Gasteiger partial charge in [-0.1, -0.05) is 0 Å². The van der Waals surface area contributed by atoms with Gasteiger partial charge < -0.3 is 24.7 Å². The van der Waals surface area contributed by atoms with Gasteiger partial charge in [0, 0.05) is 6.07 Å². The quantitative estimate of drug-likeness (QED) is 0.578. The van der Waals surface area contributed by atoms with Crippen molar-refractivity contribution in [3.8, 4) is 5.75 Å². The highest BCUT2D eigenvalue weighted by atomic mass is 32.1. The molecular formula is C16H17N3O5S. The number of nitrogens with zero attached hydrogens (tertiary/aromatic N) is 2. The van der Waals surface area contributed by atoms with Crippen LogP contribution in [-0.2, 0) is 6.61 Å². The Morgan fingerprint density at radius 1 is 1.36 bits per heavy atom. The Morgan fingerprint density at radius 3 is 2.92 bits per heavy atom. The number of thiazole rings is 1. The van der Waals surface area contributed by atoms with Crippen LogP contribution in [0.4, 0.5) is 0 Å². The molecule has 0 aliphatic carbocycles. The monoisotopic (exact) mass is 363 g/mol. The van der Waals surface area contributed by atoms with Gasteiger partial charge in [-0.3, -0.25) is 4.79 Å². The molecule has 0 bridgehead atoms. The van der Waals surface area contributed by atoms with E-state index in [9.17, 15) is 4.79 Å². The molecule has 0 aliphatic rings. The maximum Gasteiger partial charge on any atom is 0.273 e. The molecule has 1 aromatic carbocycles. The molecule has 0 spiro atoms. The summed E-state index contributed by atoms with van der Waals surface area (Å²) in [4.78, 5) is 20.3. The molecular weight excluding hydrogens is 346 g/mol. The number of amides is 1. The minimum atomic E-state index is -0.739. The maximum atomic E-state index is 11.9. The Labute approximate surface area is 147 Å². The number of carbonyl (C=O) groups is 1. The van der Waals surface area contributed by atoms with Crippen LogP contribution in [0.15, 0.2) is 28.9 Å². The van der Waals surface area contributed by atoms with Crippen LogP contribution in [0.5, 0.6) is 5.75 Å². The predicted octanol–water partition coefficient (Wildman–Crippen LogP) is 1.25. The van der Waals surface area contributed by atoms with Gasteiger partial charge in [0.1, 0.15) is 12.0 Å². The summed E-state index contributed by atoms with van der Waals surface area (Å²) in [7, 11) is 0. The van der Waals surface area contributed by atoms with E-state index in [0.717, 1.165) is 15.2 Å². The Hall–Kier alpha value is -2.49. The topological polar surface area (TPSA) is 118 Å². The van der Waals surface area contributed by atoms with Gasteiger partial charge in [0.05, 0.1) is 34.5 Å². The van der Waals surface area contributed by atoms with Gasteiger partial charge in [-0.05, 0) is 19.1 Å². The highest BCUT2D eigenvalue weighted by molar-refractivity contribution is 7.18. The van der Waals surface area contributed by atoms with Crippen LogP contribution in [0.25, 0.3) is 10.2 Å². The normalized spacial score (nSPS) is 11.2. The third-order valence-electron chi connectivity index (χ3n) is 3.39. The molecule has 2 aromatic heterocycles. The summed E-state index contributed by atoms with van der Waals surface area (Å²) in [5, 5.41) is 21.4. The van der Waals surface area contributed by atoms with Crippen LogP contribution < -0.4 is 10.1 Å². The number of fused-ring (bicyclic) bond motifs is 1. The molecule has 3 N–H and O–H groups in total. The number of nitrogens with one attached hydrogen (secondary N) is 1. The summed E-state index contributed by atoms with van der Waals surface area (Å²) in [5.74, 6) is 0.328. The lowest BCUT2D eigenvalue weighted by Gasteiger charge is -2.11. The first-order chi connectivity index (χ1) is 12.1. The molecule has 0 unspecified atom stereocenters. The summed E-state index contributed by atoms with van der Waals surface area (Å²) in [6, 6.07) is 4.87. The van der Waals surface area contributed by atoms with Crippen molar-refractivity contribution >= 4 is 27.5 Å². The lowest BCUT2D eigenvalue weighted by Crippen LogP contribution is -2.40. The first-order valence-electron chi connectivity index (χ1n) is 7.56. The van der Waals surface area contributed by atoms with Gasteiger partial charge in [0.2, 0.25) is 5.89 Å². The second kappa shape index (κ2) is 7.60. The van der Waals surface area contributed by atoms with Gasteiger partial charge in [0.25, 0.3) is 5.91 Å². The molecule has 0 saturated heterocycles. The number of hydrogen-bond acceptors (Lipinski definition) is 8. The minimum absolute atomic E-state index is 0.0519. The zero-order valence-electron chi connectivity index (χ0n) is 13.4. The number of oxazole rings is 1. The van der Waals surface area contributed by atoms with E-state index >= 15 is 0 Å². The molecule has 0 aliphatic heterocycles. The maximum absolute atomic E-state index is 11.9. The molecule has 0 radical (unpaired) electrons. The van der Waals surface area contributed by atoms with E-state index in [2.05, 4.69) is 15.3 Å². The highest BCUT2D eigenvalue weighted by Crippen LogP contribution is 2.25. The number of hydrogen-bond donors (Lipinski definition) is 3. The van der Waals surface area contributed by atoms with Gasteiger partial charge >= 0.3 is 0 Å². The molecule has 0 fully saturated rings. The number of aliphatic hydroxyl groups excluding tert-OH is 2. The summed E-state index contributed by atoms with van der Waals surface area (Å²) in [6.07, 6.45) is 1.20. The van der Waals surface area contributed by atoms with E-state index in [1.807, 2.05) is 25.1 Å². The molecule has 0 atom stereocenters. The van der Waals surface area contributed by atoms with Crippen LogP contribution >= 0.6 is 11.3 Å².